The molecule has 1 amide bonds. The zero-order valence-corrected chi connectivity index (χ0v) is 9.82. The first kappa shape index (κ1) is 11.0. The zero-order chi connectivity index (χ0) is 11.8. The van der Waals surface area contributed by atoms with Crippen LogP contribution in [0, 0.1) is 0 Å². The third kappa shape index (κ3) is 2.35. The fourth-order valence-electron chi connectivity index (χ4n) is 1.60. The first-order chi connectivity index (χ1) is 7.46. The summed E-state index contributed by atoms with van der Waals surface area (Å²) in [6, 6.07) is 0. The van der Waals surface area contributed by atoms with Crippen molar-refractivity contribution < 1.29 is 13.9 Å². The van der Waals surface area contributed by atoms with Crippen LogP contribution in [0.4, 0.5) is 4.79 Å². The van der Waals surface area contributed by atoms with E-state index >= 15 is 0 Å². The third-order valence-electron chi connectivity index (χ3n) is 2.33. The average molecular weight is 224 g/mol. The number of carbonyl (C=O) groups is 1. The summed E-state index contributed by atoms with van der Waals surface area (Å²) in [6.45, 7) is 6.65. The molecular formula is C11H16N2O3. The van der Waals surface area contributed by atoms with Gasteiger partial charge in [-0.2, -0.15) is 0 Å². The maximum atomic E-state index is 11.8. The van der Waals surface area contributed by atoms with E-state index in [0.717, 1.165) is 17.9 Å². The Labute approximate surface area is 94.4 Å². The van der Waals surface area contributed by atoms with Crippen molar-refractivity contribution in [3.05, 3.63) is 17.8 Å². The number of hydrogen-bond donors (Lipinski definition) is 0. The van der Waals surface area contributed by atoms with Crippen molar-refractivity contribution in [3.8, 4) is 0 Å². The summed E-state index contributed by atoms with van der Waals surface area (Å²) < 4.78 is 10.5. The van der Waals surface area contributed by atoms with Crippen molar-refractivity contribution in [1.82, 2.24) is 9.88 Å². The van der Waals surface area contributed by atoms with E-state index in [1.54, 1.807) is 4.90 Å². The summed E-state index contributed by atoms with van der Waals surface area (Å²) in [5.41, 5.74) is 0.485. The molecule has 0 atom stereocenters. The highest BCUT2D eigenvalue weighted by atomic mass is 16.6. The molecule has 1 aromatic rings. The molecule has 1 aliphatic rings. The van der Waals surface area contributed by atoms with Crippen molar-refractivity contribution in [2.45, 2.75) is 39.3 Å². The van der Waals surface area contributed by atoms with Gasteiger partial charge in [-0.15, -0.1) is 0 Å². The molecule has 0 spiro atoms. The lowest BCUT2D eigenvalue weighted by molar-refractivity contribution is 0.0208. The van der Waals surface area contributed by atoms with Crippen molar-refractivity contribution in [3.63, 3.8) is 0 Å². The van der Waals surface area contributed by atoms with Gasteiger partial charge in [-0.05, 0) is 20.8 Å². The number of rotatable bonds is 0. The number of carbonyl (C=O) groups excluding carboxylic acids is 1. The minimum atomic E-state index is -0.460. The van der Waals surface area contributed by atoms with Crippen LogP contribution in [-0.2, 0) is 17.7 Å². The fraction of sp³-hybridized carbons (Fsp3) is 0.636. The molecule has 0 bridgehead atoms. The third-order valence-corrected chi connectivity index (χ3v) is 2.33. The molecule has 0 aliphatic carbocycles. The fourth-order valence-corrected chi connectivity index (χ4v) is 1.60. The minimum absolute atomic E-state index is 0.297. The Morgan fingerprint density at radius 2 is 2.31 bits per heavy atom. The molecule has 0 aromatic carbocycles. The molecule has 0 N–H and O–H groups in total. The second-order valence-electron chi connectivity index (χ2n) is 4.87. The molecule has 1 aromatic heterocycles. The second kappa shape index (κ2) is 3.81. The Hall–Kier alpha value is -1.52. The van der Waals surface area contributed by atoms with Gasteiger partial charge in [0, 0.05) is 13.0 Å². The van der Waals surface area contributed by atoms with Crippen molar-refractivity contribution >= 4 is 6.09 Å². The van der Waals surface area contributed by atoms with Crippen LogP contribution < -0.4 is 0 Å². The summed E-state index contributed by atoms with van der Waals surface area (Å²) in [7, 11) is 0. The van der Waals surface area contributed by atoms with Gasteiger partial charge >= 0.3 is 6.09 Å². The van der Waals surface area contributed by atoms with E-state index in [2.05, 4.69) is 4.98 Å². The monoisotopic (exact) mass is 224 g/mol. The molecule has 0 saturated heterocycles. The van der Waals surface area contributed by atoms with Gasteiger partial charge in [0.15, 0.2) is 6.39 Å². The predicted octanol–water partition coefficient (Wildman–Crippen LogP) is 1.97. The van der Waals surface area contributed by atoms with Gasteiger partial charge in [-0.3, -0.25) is 0 Å². The molecule has 88 valence electrons. The lowest BCUT2D eigenvalue weighted by Crippen LogP contribution is -2.39. The van der Waals surface area contributed by atoms with E-state index in [1.165, 1.54) is 6.39 Å². The molecule has 2 rings (SSSR count). The number of nitrogens with zero attached hydrogens (tertiary/aromatic N) is 2. The van der Waals surface area contributed by atoms with Crippen LogP contribution in [0.15, 0.2) is 10.8 Å². The lowest BCUT2D eigenvalue weighted by atomic mass is 10.1. The number of amides is 1. The van der Waals surface area contributed by atoms with Crippen LogP contribution in [-0.4, -0.2) is 28.1 Å². The van der Waals surface area contributed by atoms with Crippen LogP contribution in [0.2, 0.25) is 0 Å². The highest BCUT2D eigenvalue weighted by molar-refractivity contribution is 5.68. The van der Waals surface area contributed by atoms with E-state index in [1.807, 2.05) is 20.8 Å². The molecule has 0 saturated carbocycles. The highest BCUT2D eigenvalue weighted by Gasteiger charge is 2.27. The Bertz CT molecular complexity index is 392. The van der Waals surface area contributed by atoms with Crippen molar-refractivity contribution in [1.29, 1.82) is 0 Å². The number of ether oxygens (including phenoxy) is 1. The molecule has 0 radical (unpaired) electrons. The summed E-state index contributed by atoms with van der Waals surface area (Å²) in [6.07, 6.45) is 1.85. The molecule has 1 aliphatic heterocycles. The zero-order valence-electron chi connectivity index (χ0n) is 9.82. The van der Waals surface area contributed by atoms with Gasteiger partial charge in [0.2, 0.25) is 0 Å². The number of hydrogen-bond acceptors (Lipinski definition) is 4. The SMILES string of the molecule is CC(C)(C)OC(=O)N1CCc2ncoc2C1. The number of fused-ring (bicyclic) bond motifs is 1. The summed E-state index contributed by atoms with van der Waals surface area (Å²) in [5, 5.41) is 0. The minimum Gasteiger partial charge on any atom is -0.446 e. The van der Waals surface area contributed by atoms with E-state index in [-0.39, 0.29) is 6.09 Å². The molecular weight excluding hydrogens is 208 g/mol. The molecule has 0 fully saturated rings. The van der Waals surface area contributed by atoms with E-state index < -0.39 is 5.60 Å². The Balaban J connectivity index is 2.01. The maximum absolute atomic E-state index is 11.8. The molecule has 2 heterocycles. The van der Waals surface area contributed by atoms with E-state index in [0.29, 0.717) is 13.1 Å². The van der Waals surface area contributed by atoms with Gasteiger partial charge in [-0.25, -0.2) is 9.78 Å². The average Bonchev–Trinajstić information content (AvgIpc) is 2.61. The molecule has 5 nitrogen and oxygen atoms in total. The summed E-state index contributed by atoms with van der Waals surface area (Å²) in [4.78, 5) is 17.5. The topological polar surface area (TPSA) is 55.6 Å². The second-order valence-corrected chi connectivity index (χ2v) is 4.87. The van der Waals surface area contributed by atoms with Crippen LogP contribution in [0.5, 0.6) is 0 Å². The van der Waals surface area contributed by atoms with Gasteiger partial charge < -0.3 is 14.1 Å². The van der Waals surface area contributed by atoms with E-state index in [4.69, 9.17) is 9.15 Å². The van der Waals surface area contributed by atoms with Crippen LogP contribution in [0.3, 0.4) is 0 Å². The Morgan fingerprint density at radius 1 is 1.56 bits per heavy atom. The quantitative estimate of drug-likeness (QED) is 0.676. The largest absolute Gasteiger partial charge is 0.446 e. The van der Waals surface area contributed by atoms with Crippen molar-refractivity contribution in [2.24, 2.45) is 0 Å². The lowest BCUT2D eigenvalue weighted by Gasteiger charge is -2.28. The van der Waals surface area contributed by atoms with Crippen LogP contribution in [0.25, 0.3) is 0 Å². The predicted molar refractivity (Wildman–Crippen MR) is 56.9 cm³/mol. The van der Waals surface area contributed by atoms with Gasteiger partial charge in [0.1, 0.15) is 11.4 Å². The highest BCUT2D eigenvalue weighted by Crippen LogP contribution is 2.19. The molecule has 5 heteroatoms. The maximum Gasteiger partial charge on any atom is 0.410 e. The smallest absolute Gasteiger partial charge is 0.410 e. The normalized spacial score (nSPS) is 15.8. The summed E-state index contributed by atoms with van der Waals surface area (Å²) >= 11 is 0. The first-order valence-corrected chi connectivity index (χ1v) is 5.35. The molecule has 0 unspecified atom stereocenters. The summed E-state index contributed by atoms with van der Waals surface area (Å²) in [5.74, 6) is 0.761. The standard InChI is InChI=1S/C11H16N2O3/c1-11(2,3)16-10(14)13-5-4-8-9(6-13)15-7-12-8/h7H,4-6H2,1-3H3. The molecule has 16 heavy (non-hydrogen) atoms. The Kier molecular flexibility index (Phi) is 2.61. The van der Waals surface area contributed by atoms with Gasteiger partial charge in [0.05, 0.1) is 12.2 Å². The Morgan fingerprint density at radius 3 is 3.00 bits per heavy atom. The van der Waals surface area contributed by atoms with Crippen LogP contribution >= 0.6 is 0 Å². The first-order valence-electron chi connectivity index (χ1n) is 5.35. The van der Waals surface area contributed by atoms with Crippen LogP contribution in [0.1, 0.15) is 32.2 Å². The van der Waals surface area contributed by atoms with Gasteiger partial charge in [-0.1, -0.05) is 0 Å². The number of aromatic nitrogens is 1. The van der Waals surface area contributed by atoms with E-state index in [9.17, 15) is 4.79 Å². The van der Waals surface area contributed by atoms with Crippen molar-refractivity contribution in [2.75, 3.05) is 6.54 Å². The number of oxazole rings is 1. The van der Waals surface area contributed by atoms with Gasteiger partial charge in [0.25, 0.3) is 0 Å².